The normalized spacial score (nSPS) is 15.6. The standard InChI is InChI=1S/C25H26ClN5O3/c1-17(16-33-2)34-25(32)20(15-27)23-24(29-22-9-4-3-8-21(22)28-23)31-12-10-30(11-13-31)19-7-5-6-18(26)14-19/h3-9,14,17,20H,10-13,16H2,1-2H3. The monoisotopic (exact) mass is 479 g/mol. The zero-order chi connectivity index (χ0) is 24.1. The molecule has 1 fully saturated rings. The lowest BCUT2D eigenvalue weighted by Gasteiger charge is -2.37. The average Bonchev–Trinajstić information content (AvgIpc) is 2.84. The Morgan fingerprint density at radius 3 is 2.41 bits per heavy atom. The molecule has 34 heavy (non-hydrogen) atoms. The van der Waals surface area contributed by atoms with E-state index in [1.54, 1.807) is 6.92 Å². The Morgan fingerprint density at radius 1 is 1.09 bits per heavy atom. The number of hydrogen-bond acceptors (Lipinski definition) is 8. The van der Waals surface area contributed by atoms with Gasteiger partial charge in [-0.05, 0) is 37.3 Å². The van der Waals surface area contributed by atoms with Crippen LogP contribution in [0.15, 0.2) is 48.5 Å². The van der Waals surface area contributed by atoms with E-state index < -0.39 is 18.0 Å². The van der Waals surface area contributed by atoms with Crippen molar-refractivity contribution in [2.75, 3.05) is 49.7 Å². The van der Waals surface area contributed by atoms with Crippen molar-refractivity contribution < 1.29 is 14.3 Å². The second kappa shape index (κ2) is 10.7. The van der Waals surface area contributed by atoms with Crippen LogP contribution in [0.3, 0.4) is 0 Å². The molecule has 0 radical (unpaired) electrons. The minimum atomic E-state index is -1.20. The maximum absolute atomic E-state index is 12.9. The van der Waals surface area contributed by atoms with Crippen LogP contribution in [0.4, 0.5) is 11.5 Å². The van der Waals surface area contributed by atoms with Crippen LogP contribution < -0.4 is 9.80 Å². The zero-order valence-electron chi connectivity index (χ0n) is 19.1. The van der Waals surface area contributed by atoms with E-state index in [9.17, 15) is 10.1 Å². The van der Waals surface area contributed by atoms with Crippen LogP contribution in [0.5, 0.6) is 0 Å². The van der Waals surface area contributed by atoms with Crippen molar-refractivity contribution in [3.8, 4) is 6.07 Å². The van der Waals surface area contributed by atoms with Gasteiger partial charge in [0.05, 0.1) is 23.7 Å². The van der Waals surface area contributed by atoms with Gasteiger partial charge in [-0.1, -0.05) is 29.8 Å². The Kier molecular flexibility index (Phi) is 7.46. The summed E-state index contributed by atoms with van der Waals surface area (Å²) in [7, 11) is 1.53. The molecule has 1 saturated heterocycles. The Labute approximate surface area is 203 Å². The number of nitrogens with zero attached hydrogens (tertiary/aromatic N) is 5. The van der Waals surface area contributed by atoms with Gasteiger partial charge in [-0.2, -0.15) is 5.26 Å². The predicted molar refractivity (Wildman–Crippen MR) is 131 cm³/mol. The third-order valence-electron chi connectivity index (χ3n) is 5.69. The molecule has 2 aromatic carbocycles. The fraction of sp³-hybridized carbons (Fsp3) is 0.360. The lowest BCUT2D eigenvalue weighted by atomic mass is 10.1. The van der Waals surface area contributed by atoms with Gasteiger partial charge in [0.2, 0.25) is 0 Å². The topological polar surface area (TPSA) is 91.6 Å². The van der Waals surface area contributed by atoms with Crippen LogP contribution in [0.1, 0.15) is 18.5 Å². The van der Waals surface area contributed by atoms with Crippen molar-refractivity contribution in [2.24, 2.45) is 0 Å². The van der Waals surface area contributed by atoms with E-state index >= 15 is 0 Å². The number of piperazine rings is 1. The summed E-state index contributed by atoms with van der Waals surface area (Å²) in [6.45, 7) is 4.74. The van der Waals surface area contributed by atoms with E-state index in [1.165, 1.54) is 7.11 Å². The second-order valence-electron chi connectivity index (χ2n) is 8.14. The highest BCUT2D eigenvalue weighted by Gasteiger charge is 2.32. The first-order valence-electron chi connectivity index (χ1n) is 11.1. The number of fused-ring (bicyclic) bond motifs is 1. The molecule has 1 aliphatic rings. The predicted octanol–water partition coefficient (Wildman–Crippen LogP) is 3.80. The van der Waals surface area contributed by atoms with Crippen LogP contribution in [-0.2, 0) is 14.3 Å². The molecule has 9 heteroatoms. The number of aromatic nitrogens is 2. The summed E-state index contributed by atoms with van der Waals surface area (Å²) in [5.41, 5.74) is 2.70. The number of benzene rings is 2. The van der Waals surface area contributed by atoms with Gasteiger partial charge in [-0.25, -0.2) is 9.97 Å². The number of halogens is 1. The number of esters is 1. The van der Waals surface area contributed by atoms with Crippen LogP contribution in [-0.4, -0.2) is 61.9 Å². The number of nitriles is 1. The number of para-hydroxylation sites is 2. The highest BCUT2D eigenvalue weighted by atomic mass is 35.5. The summed E-state index contributed by atoms with van der Waals surface area (Å²) in [5.74, 6) is -1.32. The zero-order valence-corrected chi connectivity index (χ0v) is 19.9. The Balaban J connectivity index is 1.63. The molecule has 0 saturated carbocycles. The lowest BCUT2D eigenvalue weighted by Crippen LogP contribution is -2.47. The minimum absolute atomic E-state index is 0.242. The van der Waals surface area contributed by atoms with Gasteiger partial charge in [-0.15, -0.1) is 0 Å². The summed E-state index contributed by atoms with van der Waals surface area (Å²) < 4.78 is 10.5. The van der Waals surface area contributed by atoms with Gasteiger partial charge in [0.15, 0.2) is 11.7 Å². The third kappa shape index (κ3) is 5.22. The summed E-state index contributed by atoms with van der Waals surface area (Å²) >= 11 is 6.16. The highest BCUT2D eigenvalue weighted by Crippen LogP contribution is 2.30. The largest absolute Gasteiger partial charge is 0.459 e. The lowest BCUT2D eigenvalue weighted by molar-refractivity contribution is -0.150. The molecule has 0 spiro atoms. The van der Waals surface area contributed by atoms with Gasteiger partial charge in [0.25, 0.3) is 0 Å². The molecule has 1 aromatic heterocycles. The van der Waals surface area contributed by atoms with Crippen molar-refractivity contribution >= 4 is 40.1 Å². The molecule has 3 aromatic rings. The molecular formula is C25H26ClN5O3. The van der Waals surface area contributed by atoms with E-state index in [1.807, 2.05) is 48.5 Å². The minimum Gasteiger partial charge on any atom is -0.459 e. The summed E-state index contributed by atoms with van der Waals surface area (Å²) in [6.07, 6.45) is -0.480. The first-order valence-corrected chi connectivity index (χ1v) is 11.5. The van der Waals surface area contributed by atoms with E-state index in [-0.39, 0.29) is 6.61 Å². The fourth-order valence-electron chi connectivity index (χ4n) is 4.04. The van der Waals surface area contributed by atoms with Crippen LogP contribution in [0.25, 0.3) is 11.0 Å². The summed E-state index contributed by atoms with van der Waals surface area (Å²) in [5, 5.41) is 10.6. The third-order valence-corrected chi connectivity index (χ3v) is 5.92. The van der Waals surface area contributed by atoms with Crippen molar-refractivity contribution in [3.63, 3.8) is 0 Å². The van der Waals surface area contributed by atoms with Crippen LogP contribution in [0.2, 0.25) is 5.02 Å². The summed E-state index contributed by atoms with van der Waals surface area (Å²) in [6, 6.07) is 17.3. The molecule has 0 bridgehead atoms. The fourth-order valence-corrected chi connectivity index (χ4v) is 4.23. The Morgan fingerprint density at radius 2 is 1.76 bits per heavy atom. The Hall–Kier alpha value is -3.41. The molecule has 2 heterocycles. The van der Waals surface area contributed by atoms with E-state index in [0.717, 1.165) is 18.8 Å². The second-order valence-corrected chi connectivity index (χ2v) is 8.58. The number of methoxy groups -OCH3 is 1. The molecule has 2 unspecified atom stereocenters. The molecule has 176 valence electrons. The molecule has 0 amide bonds. The van der Waals surface area contributed by atoms with Crippen LogP contribution >= 0.6 is 11.6 Å². The molecule has 0 N–H and O–H groups in total. The van der Waals surface area contributed by atoms with Gasteiger partial charge < -0.3 is 19.3 Å². The number of carbonyl (C=O) groups is 1. The molecule has 1 aliphatic heterocycles. The van der Waals surface area contributed by atoms with Gasteiger partial charge >= 0.3 is 5.97 Å². The maximum Gasteiger partial charge on any atom is 0.330 e. The number of hydrogen-bond donors (Lipinski definition) is 0. The highest BCUT2D eigenvalue weighted by molar-refractivity contribution is 6.30. The van der Waals surface area contributed by atoms with Gasteiger partial charge in [-0.3, -0.25) is 4.79 Å². The number of carbonyl (C=O) groups excluding carboxylic acids is 1. The number of rotatable bonds is 7. The van der Waals surface area contributed by atoms with Crippen molar-refractivity contribution in [1.82, 2.24) is 9.97 Å². The van der Waals surface area contributed by atoms with E-state index in [4.69, 9.17) is 31.0 Å². The molecule has 4 rings (SSSR count). The van der Waals surface area contributed by atoms with E-state index in [0.29, 0.717) is 40.7 Å². The smallest absolute Gasteiger partial charge is 0.330 e. The first-order chi connectivity index (χ1) is 16.5. The maximum atomic E-state index is 12.9. The van der Waals surface area contributed by atoms with Crippen molar-refractivity contribution in [3.05, 3.63) is 59.2 Å². The number of anilines is 2. The Bertz CT molecular complexity index is 1210. The quantitative estimate of drug-likeness (QED) is 0.472. The number of ether oxygens (including phenoxy) is 2. The van der Waals surface area contributed by atoms with Crippen molar-refractivity contribution in [2.45, 2.75) is 18.9 Å². The van der Waals surface area contributed by atoms with E-state index in [2.05, 4.69) is 15.9 Å². The molecule has 0 aliphatic carbocycles. The first kappa shape index (κ1) is 23.7. The van der Waals surface area contributed by atoms with Gasteiger partial charge in [0.1, 0.15) is 11.8 Å². The van der Waals surface area contributed by atoms with Crippen molar-refractivity contribution in [1.29, 1.82) is 5.26 Å². The molecule has 2 atom stereocenters. The SMILES string of the molecule is COCC(C)OC(=O)C(C#N)c1nc2ccccc2nc1N1CCN(c2cccc(Cl)c2)CC1. The average molecular weight is 480 g/mol. The molecular weight excluding hydrogens is 454 g/mol. The summed E-state index contributed by atoms with van der Waals surface area (Å²) in [4.78, 5) is 26.7. The van der Waals surface area contributed by atoms with Gasteiger partial charge in [0, 0.05) is 44.0 Å². The molecule has 8 nitrogen and oxygen atoms in total. The van der Waals surface area contributed by atoms with Crippen LogP contribution in [0, 0.1) is 11.3 Å².